The van der Waals surface area contributed by atoms with Crippen LogP contribution in [0.5, 0.6) is 0 Å². The number of nitrogens with zero attached hydrogens (tertiary/aromatic N) is 2. The third-order valence-corrected chi connectivity index (χ3v) is 1.64. The van der Waals surface area contributed by atoms with Gasteiger partial charge in [0.2, 0.25) is 6.41 Å². The first-order valence-electron chi connectivity index (χ1n) is 3.99. The summed E-state index contributed by atoms with van der Waals surface area (Å²) >= 11 is 0. The number of aromatic amines is 1. The summed E-state index contributed by atoms with van der Waals surface area (Å²) in [4.78, 5) is 29.3. The molecule has 1 heterocycles. The summed E-state index contributed by atoms with van der Waals surface area (Å²) in [6, 6.07) is 0. The van der Waals surface area contributed by atoms with Gasteiger partial charge in [0.1, 0.15) is 6.54 Å². The smallest absolute Gasteiger partial charge is 0.325 e. The van der Waals surface area contributed by atoms with E-state index in [0.717, 1.165) is 5.69 Å². The zero-order valence-corrected chi connectivity index (χ0v) is 7.77. The summed E-state index contributed by atoms with van der Waals surface area (Å²) in [6.07, 6.45) is 3.70. The molecule has 0 aliphatic rings. The molecule has 1 rings (SSSR count). The van der Waals surface area contributed by atoms with Crippen LogP contribution in [0.25, 0.3) is 0 Å². The quantitative estimate of drug-likeness (QED) is 0.512. The van der Waals surface area contributed by atoms with E-state index in [1.54, 1.807) is 6.20 Å². The van der Waals surface area contributed by atoms with Crippen LogP contribution in [0.2, 0.25) is 0 Å². The molecule has 0 atom stereocenters. The monoisotopic (exact) mass is 197 g/mol. The highest BCUT2D eigenvalue weighted by Crippen LogP contribution is 1.97. The summed E-state index contributed by atoms with van der Waals surface area (Å²) in [5.74, 6) is -0.448. The van der Waals surface area contributed by atoms with Gasteiger partial charge in [-0.3, -0.25) is 9.59 Å². The van der Waals surface area contributed by atoms with Crippen LogP contribution in [-0.4, -0.2) is 40.9 Å². The minimum absolute atomic E-state index is 0.0565. The lowest BCUT2D eigenvalue weighted by Crippen LogP contribution is -2.29. The fourth-order valence-electron chi connectivity index (χ4n) is 0.951. The summed E-state index contributed by atoms with van der Waals surface area (Å²) < 4.78 is 4.44. The van der Waals surface area contributed by atoms with Crippen LogP contribution in [0.4, 0.5) is 0 Å². The first-order valence-corrected chi connectivity index (χ1v) is 3.99. The lowest BCUT2D eigenvalue weighted by Gasteiger charge is -2.13. The molecule has 6 heteroatoms. The predicted octanol–water partition coefficient (Wildman–Crippen LogP) is -0.459. The topological polar surface area (TPSA) is 75.3 Å². The molecule has 6 nitrogen and oxygen atoms in total. The first-order chi connectivity index (χ1) is 6.76. The number of hydrogen-bond donors (Lipinski definition) is 1. The van der Waals surface area contributed by atoms with E-state index >= 15 is 0 Å². The molecule has 0 aliphatic carbocycles. The molecular weight excluding hydrogens is 186 g/mol. The second-order valence-electron chi connectivity index (χ2n) is 2.66. The van der Waals surface area contributed by atoms with Crippen LogP contribution in [0.15, 0.2) is 12.5 Å². The number of hydrogen-bond acceptors (Lipinski definition) is 4. The molecule has 0 saturated carbocycles. The molecule has 76 valence electrons. The average Bonchev–Trinajstić information content (AvgIpc) is 2.69. The maximum atomic E-state index is 10.9. The summed E-state index contributed by atoms with van der Waals surface area (Å²) in [5, 5.41) is 0. The molecule has 1 aromatic heterocycles. The molecule has 0 radical (unpaired) electrons. The minimum atomic E-state index is -0.448. The average molecular weight is 197 g/mol. The predicted molar refractivity (Wildman–Crippen MR) is 47.1 cm³/mol. The van der Waals surface area contributed by atoms with E-state index in [2.05, 4.69) is 14.7 Å². The summed E-state index contributed by atoms with van der Waals surface area (Å²) in [5.41, 5.74) is 0.765. The zero-order chi connectivity index (χ0) is 10.4. The van der Waals surface area contributed by atoms with Gasteiger partial charge >= 0.3 is 5.97 Å². The fourth-order valence-corrected chi connectivity index (χ4v) is 0.951. The molecule has 14 heavy (non-hydrogen) atoms. The number of esters is 1. The largest absolute Gasteiger partial charge is 0.468 e. The van der Waals surface area contributed by atoms with Gasteiger partial charge in [-0.1, -0.05) is 0 Å². The van der Waals surface area contributed by atoms with Gasteiger partial charge in [-0.15, -0.1) is 0 Å². The van der Waals surface area contributed by atoms with Gasteiger partial charge in [0, 0.05) is 6.20 Å². The van der Waals surface area contributed by atoms with Crippen molar-refractivity contribution in [2.45, 2.75) is 6.54 Å². The number of carbonyl (C=O) groups is 2. The molecule has 1 N–H and O–H groups in total. The number of methoxy groups -OCH3 is 1. The molecular formula is C8H11N3O3. The number of nitrogens with one attached hydrogen (secondary N) is 1. The molecule has 0 aliphatic heterocycles. The van der Waals surface area contributed by atoms with Crippen molar-refractivity contribution in [2.75, 3.05) is 13.7 Å². The van der Waals surface area contributed by atoms with Gasteiger partial charge in [0.25, 0.3) is 0 Å². The van der Waals surface area contributed by atoms with E-state index in [1.807, 2.05) is 0 Å². The van der Waals surface area contributed by atoms with Crippen LogP contribution in [0, 0.1) is 0 Å². The minimum Gasteiger partial charge on any atom is -0.468 e. The van der Waals surface area contributed by atoms with Gasteiger partial charge in [-0.2, -0.15) is 0 Å². The molecule has 0 bridgehead atoms. The number of H-pyrrole nitrogens is 1. The van der Waals surface area contributed by atoms with E-state index in [9.17, 15) is 9.59 Å². The number of rotatable bonds is 5. The SMILES string of the molecule is COC(=O)CN(C=O)Cc1cnc[nH]1. The Hall–Kier alpha value is -1.85. The van der Waals surface area contributed by atoms with Crippen LogP contribution < -0.4 is 0 Å². The lowest BCUT2D eigenvalue weighted by molar-refractivity contribution is -0.144. The lowest BCUT2D eigenvalue weighted by atomic mass is 10.4. The van der Waals surface area contributed by atoms with Gasteiger partial charge in [0.05, 0.1) is 25.7 Å². The van der Waals surface area contributed by atoms with E-state index < -0.39 is 5.97 Å². The standard InChI is InChI=1S/C8H11N3O3/c1-14-8(13)4-11(6-12)3-7-2-9-5-10-7/h2,5-6H,3-4H2,1H3,(H,9,10). The number of ether oxygens (including phenoxy) is 1. The van der Waals surface area contributed by atoms with Gasteiger partial charge in [-0.25, -0.2) is 4.98 Å². The van der Waals surface area contributed by atoms with Crippen molar-refractivity contribution in [3.8, 4) is 0 Å². The summed E-state index contributed by atoms with van der Waals surface area (Å²) in [7, 11) is 1.28. The van der Waals surface area contributed by atoms with Crippen molar-refractivity contribution >= 4 is 12.4 Å². The van der Waals surface area contributed by atoms with Gasteiger partial charge in [-0.05, 0) is 0 Å². The molecule has 0 aromatic carbocycles. The normalized spacial score (nSPS) is 9.50. The molecule has 0 spiro atoms. The van der Waals surface area contributed by atoms with Crippen LogP contribution in [-0.2, 0) is 20.9 Å². The highest BCUT2D eigenvalue weighted by atomic mass is 16.5. The highest BCUT2D eigenvalue weighted by Gasteiger charge is 2.09. The Kier molecular flexibility index (Phi) is 3.66. The summed E-state index contributed by atoms with van der Waals surface area (Å²) in [6.45, 7) is 0.262. The van der Waals surface area contributed by atoms with E-state index in [-0.39, 0.29) is 6.54 Å². The van der Waals surface area contributed by atoms with E-state index in [4.69, 9.17) is 0 Å². The molecule has 0 saturated heterocycles. The zero-order valence-electron chi connectivity index (χ0n) is 7.77. The van der Waals surface area contributed by atoms with Crippen molar-refractivity contribution in [1.82, 2.24) is 14.9 Å². The van der Waals surface area contributed by atoms with Crippen LogP contribution in [0.1, 0.15) is 5.69 Å². The Morgan fingerprint density at radius 2 is 2.57 bits per heavy atom. The second kappa shape index (κ2) is 5.00. The van der Waals surface area contributed by atoms with E-state index in [0.29, 0.717) is 13.0 Å². The molecule has 1 amide bonds. The molecule has 1 aromatic rings. The van der Waals surface area contributed by atoms with Crippen LogP contribution >= 0.6 is 0 Å². The van der Waals surface area contributed by atoms with Gasteiger partial charge in [0.15, 0.2) is 0 Å². The van der Waals surface area contributed by atoms with Crippen molar-refractivity contribution in [1.29, 1.82) is 0 Å². The third-order valence-electron chi connectivity index (χ3n) is 1.64. The number of imidazole rings is 1. The van der Waals surface area contributed by atoms with Crippen molar-refractivity contribution < 1.29 is 14.3 Å². The fraction of sp³-hybridized carbons (Fsp3) is 0.375. The Bertz CT molecular complexity index is 297. The van der Waals surface area contributed by atoms with Crippen molar-refractivity contribution in [3.63, 3.8) is 0 Å². The van der Waals surface area contributed by atoms with Gasteiger partial charge < -0.3 is 14.6 Å². The number of amides is 1. The first kappa shape index (κ1) is 10.2. The Balaban J connectivity index is 2.47. The Morgan fingerprint density at radius 3 is 3.07 bits per heavy atom. The maximum Gasteiger partial charge on any atom is 0.325 e. The van der Waals surface area contributed by atoms with Crippen molar-refractivity contribution in [3.05, 3.63) is 18.2 Å². The number of aromatic nitrogens is 2. The Morgan fingerprint density at radius 1 is 1.79 bits per heavy atom. The third kappa shape index (κ3) is 2.89. The molecule has 0 fully saturated rings. The molecule has 0 unspecified atom stereocenters. The second-order valence-corrected chi connectivity index (χ2v) is 2.66. The Labute approximate surface area is 80.9 Å². The number of carbonyl (C=O) groups excluding carboxylic acids is 2. The van der Waals surface area contributed by atoms with Crippen LogP contribution in [0.3, 0.4) is 0 Å². The van der Waals surface area contributed by atoms with Crippen molar-refractivity contribution in [2.24, 2.45) is 0 Å². The maximum absolute atomic E-state index is 10.9. The van der Waals surface area contributed by atoms with E-state index in [1.165, 1.54) is 18.3 Å². The highest BCUT2D eigenvalue weighted by molar-refractivity contribution is 5.73.